The van der Waals surface area contributed by atoms with Crippen LogP contribution in [0.3, 0.4) is 0 Å². The van der Waals surface area contributed by atoms with Crippen molar-refractivity contribution in [1.29, 1.82) is 5.26 Å². The molecule has 0 aliphatic heterocycles. The van der Waals surface area contributed by atoms with Crippen LogP contribution in [-0.4, -0.2) is 24.0 Å². The maximum absolute atomic E-state index is 12.4. The Kier molecular flexibility index (Phi) is 7.18. The number of amides is 1. The molecule has 1 amide bonds. The topological polar surface area (TPSA) is 79.2 Å². The van der Waals surface area contributed by atoms with Crippen LogP contribution in [0, 0.1) is 30.1 Å². The van der Waals surface area contributed by atoms with Crippen molar-refractivity contribution in [3.63, 3.8) is 0 Å². The van der Waals surface area contributed by atoms with Crippen molar-refractivity contribution >= 4 is 18.0 Å². The van der Waals surface area contributed by atoms with Crippen molar-refractivity contribution < 1.29 is 14.3 Å². The zero-order valence-electron chi connectivity index (χ0n) is 16.5. The summed E-state index contributed by atoms with van der Waals surface area (Å²) in [5.74, 6) is -0.154. The van der Waals surface area contributed by atoms with E-state index in [1.807, 2.05) is 37.3 Å². The fourth-order valence-electron chi connectivity index (χ4n) is 3.33. The van der Waals surface area contributed by atoms with Gasteiger partial charge in [-0.25, -0.2) is 4.79 Å². The Morgan fingerprint density at radius 3 is 2.56 bits per heavy atom. The SMILES string of the molecule is Cc1ccc(/C=C(\C#N)C(=O)O[C@@H](C)C(=O)N[C@@H]2CCC[C@H](C)[C@@H]2C)cc1. The molecule has 144 valence electrons. The van der Waals surface area contributed by atoms with E-state index < -0.39 is 12.1 Å². The van der Waals surface area contributed by atoms with Crippen LogP contribution in [0.5, 0.6) is 0 Å². The van der Waals surface area contributed by atoms with Crippen LogP contribution in [0.4, 0.5) is 0 Å². The maximum Gasteiger partial charge on any atom is 0.349 e. The Morgan fingerprint density at radius 1 is 1.26 bits per heavy atom. The minimum absolute atomic E-state index is 0.0981. The number of ether oxygens (including phenoxy) is 1. The van der Waals surface area contributed by atoms with Gasteiger partial charge in [0.15, 0.2) is 6.10 Å². The maximum atomic E-state index is 12.4. The molecule has 5 heteroatoms. The third-order valence-corrected chi connectivity index (χ3v) is 5.42. The lowest BCUT2D eigenvalue weighted by Crippen LogP contribution is -2.47. The van der Waals surface area contributed by atoms with Gasteiger partial charge in [-0.05, 0) is 43.7 Å². The van der Waals surface area contributed by atoms with E-state index in [0.717, 1.165) is 24.0 Å². The van der Waals surface area contributed by atoms with Crippen molar-refractivity contribution in [3.8, 4) is 6.07 Å². The second-order valence-electron chi connectivity index (χ2n) is 7.51. The number of nitrogens with zero attached hydrogens (tertiary/aromatic N) is 1. The van der Waals surface area contributed by atoms with E-state index in [0.29, 0.717) is 11.8 Å². The summed E-state index contributed by atoms with van der Waals surface area (Å²) >= 11 is 0. The quantitative estimate of drug-likeness (QED) is 0.487. The molecular formula is C22H28N2O3. The zero-order chi connectivity index (χ0) is 20.0. The van der Waals surface area contributed by atoms with Crippen molar-refractivity contribution in [2.75, 3.05) is 0 Å². The van der Waals surface area contributed by atoms with Gasteiger partial charge >= 0.3 is 5.97 Å². The van der Waals surface area contributed by atoms with E-state index in [1.54, 1.807) is 0 Å². The number of hydrogen-bond donors (Lipinski definition) is 1. The predicted molar refractivity (Wildman–Crippen MR) is 104 cm³/mol. The summed E-state index contributed by atoms with van der Waals surface area (Å²) in [6.07, 6.45) is 3.72. The van der Waals surface area contributed by atoms with Crippen molar-refractivity contribution in [3.05, 3.63) is 41.0 Å². The first-order valence-electron chi connectivity index (χ1n) is 9.51. The molecule has 0 saturated heterocycles. The van der Waals surface area contributed by atoms with Crippen LogP contribution in [0.25, 0.3) is 6.08 Å². The molecule has 5 nitrogen and oxygen atoms in total. The largest absolute Gasteiger partial charge is 0.448 e. The summed E-state index contributed by atoms with van der Waals surface area (Å²) in [4.78, 5) is 24.7. The highest BCUT2D eigenvalue weighted by Crippen LogP contribution is 2.29. The van der Waals surface area contributed by atoms with Gasteiger partial charge in [-0.3, -0.25) is 4.79 Å². The lowest BCUT2D eigenvalue weighted by molar-refractivity contribution is -0.151. The number of esters is 1. The number of carbonyl (C=O) groups is 2. The average Bonchev–Trinajstić information content (AvgIpc) is 2.64. The van der Waals surface area contributed by atoms with E-state index in [-0.39, 0.29) is 17.5 Å². The van der Waals surface area contributed by atoms with Crippen LogP contribution in [0.1, 0.15) is 51.2 Å². The van der Waals surface area contributed by atoms with Crippen LogP contribution in [0.15, 0.2) is 29.8 Å². The van der Waals surface area contributed by atoms with Gasteiger partial charge in [0.1, 0.15) is 11.6 Å². The molecule has 1 aromatic rings. The van der Waals surface area contributed by atoms with E-state index in [2.05, 4.69) is 19.2 Å². The third kappa shape index (κ3) is 5.68. The molecule has 4 atom stereocenters. The number of hydrogen-bond acceptors (Lipinski definition) is 4. The summed E-state index contributed by atoms with van der Waals surface area (Å²) in [6, 6.07) is 9.39. The van der Waals surface area contributed by atoms with Gasteiger partial charge in [-0.2, -0.15) is 5.26 Å². The Hall–Kier alpha value is -2.61. The number of rotatable bonds is 5. The highest BCUT2D eigenvalue weighted by atomic mass is 16.5. The van der Waals surface area contributed by atoms with Crippen molar-refractivity contribution in [2.45, 2.75) is 59.1 Å². The highest BCUT2D eigenvalue weighted by molar-refractivity contribution is 5.99. The molecule has 0 unspecified atom stereocenters. The van der Waals surface area contributed by atoms with Gasteiger partial charge < -0.3 is 10.1 Å². The molecule has 1 aliphatic carbocycles. The standard InChI is InChI=1S/C22H28N2O3/c1-14-8-10-18(11-9-14)12-19(13-23)22(26)27-17(4)21(25)24-20-7-5-6-15(2)16(20)3/h8-12,15-17,20H,5-7H2,1-4H3,(H,24,25)/b19-12+/t15-,16-,17-,20+/m0/s1. The molecule has 0 aromatic heterocycles. The molecule has 0 heterocycles. The third-order valence-electron chi connectivity index (χ3n) is 5.42. The first kappa shape index (κ1) is 20.7. The fourth-order valence-corrected chi connectivity index (χ4v) is 3.33. The molecule has 27 heavy (non-hydrogen) atoms. The summed E-state index contributed by atoms with van der Waals surface area (Å²) in [5, 5.41) is 12.3. The van der Waals surface area contributed by atoms with Gasteiger partial charge in [0.05, 0.1) is 0 Å². The molecule has 0 bridgehead atoms. The van der Waals surface area contributed by atoms with E-state index in [4.69, 9.17) is 4.74 Å². The van der Waals surface area contributed by atoms with Gasteiger partial charge in [0, 0.05) is 6.04 Å². The molecule has 1 N–H and O–H groups in total. The van der Waals surface area contributed by atoms with Crippen LogP contribution >= 0.6 is 0 Å². The second kappa shape index (κ2) is 9.36. The van der Waals surface area contributed by atoms with Gasteiger partial charge in [0.25, 0.3) is 5.91 Å². The Labute approximate surface area is 161 Å². The summed E-state index contributed by atoms with van der Waals surface area (Å²) in [5.41, 5.74) is 1.69. The van der Waals surface area contributed by atoms with Crippen LogP contribution in [0.2, 0.25) is 0 Å². The van der Waals surface area contributed by atoms with Crippen LogP contribution in [-0.2, 0) is 14.3 Å². The first-order chi connectivity index (χ1) is 12.8. The molecule has 0 spiro atoms. The fraction of sp³-hybridized carbons (Fsp3) is 0.500. The highest BCUT2D eigenvalue weighted by Gasteiger charge is 2.30. The number of nitrogens with one attached hydrogen (secondary N) is 1. The van der Waals surface area contributed by atoms with E-state index >= 15 is 0 Å². The van der Waals surface area contributed by atoms with Crippen molar-refractivity contribution in [2.24, 2.45) is 11.8 Å². The Bertz CT molecular complexity index is 746. The lowest BCUT2D eigenvalue weighted by atomic mass is 9.78. The lowest BCUT2D eigenvalue weighted by Gasteiger charge is -2.35. The molecular weight excluding hydrogens is 340 g/mol. The summed E-state index contributed by atoms with van der Waals surface area (Å²) in [7, 11) is 0. The minimum Gasteiger partial charge on any atom is -0.448 e. The molecule has 2 rings (SSSR count). The normalized spacial score (nSPS) is 23.8. The van der Waals surface area contributed by atoms with Gasteiger partial charge in [0.2, 0.25) is 0 Å². The predicted octanol–water partition coefficient (Wildman–Crippen LogP) is 3.77. The molecule has 1 aromatic carbocycles. The monoisotopic (exact) mass is 368 g/mol. The molecule has 1 fully saturated rings. The van der Waals surface area contributed by atoms with Gasteiger partial charge in [-0.1, -0.05) is 56.5 Å². The average molecular weight is 368 g/mol. The first-order valence-corrected chi connectivity index (χ1v) is 9.51. The summed E-state index contributed by atoms with van der Waals surface area (Å²) < 4.78 is 5.22. The number of nitriles is 1. The zero-order valence-corrected chi connectivity index (χ0v) is 16.5. The molecule has 0 radical (unpaired) electrons. The van der Waals surface area contributed by atoms with Crippen LogP contribution < -0.4 is 5.32 Å². The smallest absolute Gasteiger partial charge is 0.349 e. The molecule has 1 aliphatic rings. The number of carbonyl (C=O) groups excluding carboxylic acids is 2. The minimum atomic E-state index is -0.947. The number of benzene rings is 1. The number of aryl methyl sites for hydroxylation is 1. The van der Waals surface area contributed by atoms with Crippen molar-refractivity contribution in [1.82, 2.24) is 5.32 Å². The molecule has 1 saturated carbocycles. The Balaban J connectivity index is 1.97. The van der Waals surface area contributed by atoms with Gasteiger partial charge in [-0.15, -0.1) is 0 Å². The Morgan fingerprint density at radius 2 is 1.93 bits per heavy atom. The summed E-state index contributed by atoms with van der Waals surface area (Å²) in [6.45, 7) is 7.83. The second-order valence-corrected chi connectivity index (χ2v) is 7.51. The van der Waals surface area contributed by atoms with E-state index in [1.165, 1.54) is 19.4 Å². The van der Waals surface area contributed by atoms with E-state index in [9.17, 15) is 14.9 Å².